The van der Waals surface area contributed by atoms with E-state index in [2.05, 4.69) is 6.07 Å². The van der Waals surface area contributed by atoms with Crippen LogP contribution in [-0.4, -0.2) is 54.2 Å². The lowest BCUT2D eigenvalue weighted by Gasteiger charge is -2.36. The summed E-state index contributed by atoms with van der Waals surface area (Å²) in [4.78, 5) is 27.2. The number of esters is 2. The van der Waals surface area contributed by atoms with Crippen LogP contribution in [0.15, 0.2) is 77.3 Å². The lowest BCUT2D eigenvalue weighted by molar-refractivity contribution is -0.139. The van der Waals surface area contributed by atoms with Crippen LogP contribution in [0.2, 0.25) is 0 Å². The van der Waals surface area contributed by atoms with E-state index >= 15 is 0 Å². The number of rotatable bonds is 7. The molecule has 10 nitrogen and oxygen atoms in total. The van der Waals surface area contributed by atoms with Gasteiger partial charge in [-0.2, -0.15) is 5.26 Å². The Labute approximate surface area is 201 Å². The normalized spacial score (nSPS) is 17.5. The Balaban J connectivity index is 2.27. The van der Waals surface area contributed by atoms with Gasteiger partial charge in [-0.15, -0.1) is 0 Å². The van der Waals surface area contributed by atoms with Gasteiger partial charge in [-0.1, -0.05) is 42.5 Å². The molecule has 0 fully saturated rings. The van der Waals surface area contributed by atoms with Gasteiger partial charge < -0.3 is 30.5 Å². The minimum atomic E-state index is -1.39. The molecule has 182 valence electrons. The zero-order chi connectivity index (χ0) is 25.7. The molecule has 0 saturated carbocycles. The number of ether oxygens (including phenoxy) is 2. The largest absolute Gasteiger partial charge is 0.466 e. The molecule has 2 aromatic carbocycles. The van der Waals surface area contributed by atoms with Crippen LogP contribution in [-0.2, 0) is 19.1 Å². The number of methoxy groups -OCH3 is 2. The van der Waals surface area contributed by atoms with Crippen molar-refractivity contribution in [2.24, 2.45) is 5.73 Å². The van der Waals surface area contributed by atoms with E-state index in [1.54, 1.807) is 30.3 Å². The Hall–Kier alpha value is -4.17. The number of aliphatic hydroxyl groups excluding tert-OH is 3. The summed E-state index contributed by atoms with van der Waals surface area (Å²) in [6.07, 6.45) is -2.75. The molecule has 2 aromatic rings. The molecule has 0 spiro atoms. The third kappa shape index (κ3) is 4.74. The Morgan fingerprint density at radius 1 is 1.06 bits per heavy atom. The van der Waals surface area contributed by atoms with Gasteiger partial charge in [0.25, 0.3) is 0 Å². The number of carbonyl (C=O) groups is 2. The van der Waals surface area contributed by atoms with E-state index in [1.165, 1.54) is 29.2 Å². The van der Waals surface area contributed by atoms with Gasteiger partial charge in [-0.25, -0.2) is 9.59 Å². The average molecular weight is 479 g/mol. The van der Waals surface area contributed by atoms with Crippen molar-refractivity contribution in [1.82, 2.24) is 0 Å². The SMILES string of the molecule is COC(=O)C1=C(C(=O)OC)N(c2ccc(C(O)C(O)CO)cc2)C(N)=C(C#N)C1c1ccccc1. The number of benzene rings is 2. The van der Waals surface area contributed by atoms with E-state index in [1.807, 2.05) is 0 Å². The number of hydrogen-bond donors (Lipinski definition) is 4. The molecule has 1 aliphatic rings. The zero-order valence-corrected chi connectivity index (χ0v) is 19.1. The van der Waals surface area contributed by atoms with Crippen molar-refractivity contribution in [3.05, 3.63) is 88.4 Å². The van der Waals surface area contributed by atoms with Gasteiger partial charge in [0.15, 0.2) is 0 Å². The Kier molecular flexibility index (Phi) is 7.88. The first-order valence-corrected chi connectivity index (χ1v) is 10.5. The molecular formula is C25H25N3O7. The summed E-state index contributed by atoms with van der Waals surface area (Å²) < 4.78 is 9.95. The Morgan fingerprint density at radius 3 is 2.17 bits per heavy atom. The van der Waals surface area contributed by atoms with Crippen LogP contribution in [0.1, 0.15) is 23.1 Å². The third-order valence-electron chi connectivity index (χ3n) is 5.65. The van der Waals surface area contributed by atoms with Gasteiger partial charge in [0.1, 0.15) is 23.7 Å². The first kappa shape index (κ1) is 25.5. The van der Waals surface area contributed by atoms with E-state index in [0.717, 1.165) is 14.2 Å². The van der Waals surface area contributed by atoms with Crippen LogP contribution in [0.5, 0.6) is 0 Å². The van der Waals surface area contributed by atoms with E-state index in [9.17, 15) is 25.1 Å². The number of nitriles is 1. The van der Waals surface area contributed by atoms with Crippen LogP contribution in [0.25, 0.3) is 0 Å². The highest BCUT2D eigenvalue weighted by Gasteiger charge is 2.43. The molecular weight excluding hydrogens is 454 g/mol. The van der Waals surface area contributed by atoms with Gasteiger partial charge in [-0.3, -0.25) is 4.90 Å². The number of anilines is 1. The third-order valence-corrected chi connectivity index (χ3v) is 5.65. The predicted octanol–water partition coefficient (Wildman–Crippen LogP) is 0.971. The van der Waals surface area contributed by atoms with Gasteiger partial charge >= 0.3 is 11.9 Å². The number of carbonyl (C=O) groups excluding carboxylic acids is 2. The fourth-order valence-electron chi connectivity index (χ4n) is 3.92. The first-order chi connectivity index (χ1) is 16.8. The Bertz CT molecular complexity index is 1200. The van der Waals surface area contributed by atoms with E-state index < -0.39 is 36.7 Å². The molecule has 0 aliphatic carbocycles. The summed E-state index contributed by atoms with van der Waals surface area (Å²) >= 11 is 0. The minimum Gasteiger partial charge on any atom is -0.466 e. The van der Waals surface area contributed by atoms with Crippen LogP contribution in [0.3, 0.4) is 0 Å². The highest BCUT2D eigenvalue weighted by atomic mass is 16.5. The maximum absolute atomic E-state index is 13.0. The predicted molar refractivity (Wildman–Crippen MR) is 124 cm³/mol. The summed E-state index contributed by atoms with van der Waals surface area (Å²) in [7, 11) is 2.31. The summed E-state index contributed by atoms with van der Waals surface area (Å²) in [6, 6.07) is 16.5. The van der Waals surface area contributed by atoms with Crippen molar-refractivity contribution in [2.45, 2.75) is 18.1 Å². The summed E-state index contributed by atoms with van der Waals surface area (Å²) in [5, 5.41) is 39.0. The second-order valence-corrected chi connectivity index (χ2v) is 7.62. The number of allylic oxidation sites excluding steroid dienone is 1. The number of hydrogen-bond acceptors (Lipinski definition) is 10. The van der Waals surface area contributed by atoms with Gasteiger partial charge in [-0.05, 0) is 23.3 Å². The highest BCUT2D eigenvalue weighted by molar-refractivity contribution is 6.06. The quantitative estimate of drug-likeness (QED) is 0.420. The molecule has 35 heavy (non-hydrogen) atoms. The molecule has 0 aromatic heterocycles. The molecule has 0 radical (unpaired) electrons. The summed E-state index contributed by atoms with van der Waals surface area (Å²) in [5.74, 6) is -2.81. The Morgan fingerprint density at radius 2 is 1.66 bits per heavy atom. The minimum absolute atomic E-state index is 0.0177. The van der Waals surface area contributed by atoms with Crippen molar-refractivity contribution in [3.8, 4) is 6.07 Å². The lowest BCUT2D eigenvalue weighted by Crippen LogP contribution is -2.40. The molecule has 3 atom stereocenters. The van der Waals surface area contributed by atoms with Gasteiger partial charge in [0.05, 0.1) is 44.0 Å². The zero-order valence-electron chi connectivity index (χ0n) is 19.1. The maximum Gasteiger partial charge on any atom is 0.355 e. The number of aliphatic hydroxyl groups is 3. The average Bonchev–Trinajstić information content (AvgIpc) is 2.91. The van der Waals surface area contributed by atoms with Gasteiger partial charge in [0, 0.05) is 5.69 Å². The van der Waals surface area contributed by atoms with Gasteiger partial charge in [0.2, 0.25) is 0 Å². The van der Waals surface area contributed by atoms with Crippen LogP contribution in [0, 0.1) is 11.3 Å². The molecule has 0 bridgehead atoms. The van der Waals surface area contributed by atoms with E-state index in [-0.39, 0.29) is 33.9 Å². The van der Waals surface area contributed by atoms with Crippen molar-refractivity contribution in [1.29, 1.82) is 5.26 Å². The van der Waals surface area contributed by atoms with E-state index in [4.69, 9.17) is 20.3 Å². The fraction of sp³-hybridized carbons (Fsp3) is 0.240. The molecule has 0 amide bonds. The second kappa shape index (κ2) is 10.8. The second-order valence-electron chi connectivity index (χ2n) is 7.62. The molecule has 10 heteroatoms. The maximum atomic E-state index is 13.0. The monoisotopic (exact) mass is 479 g/mol. The lowest BCUT2D eigenvalue weighted by atomic mass is 9.81. The molecule has 1 aliphatic heterocycles. The number of nitrogens with zero attached hydrogens (tertiary/aromatic N) is 2. The van der Waals surface area contributed by atoms with Crippen LogP contribution < -0.4 is 10.6 Å². The van der Waals surface area contributed by atoms with Crippen LogP contribution in [0.4, 0.5) is 5.69 Å². The fourth-order valence-corrected chi connectivity index (χ4v) is 3.92. The van der Waals surface area contributed by atoms with Crippen molar-refractivity contribution < 1.29 is 34.4 Å². The summed E-state index contributed by atoms with van der Waals surface area (Å²) in [6.45, 7) is -0.644. The molecule has 0 saturated heterocycles. The highest BCUT2D eigenvalue weighted by Crippen LogP contribution is 2.43. The van der Waals surface area contributed by atoms with Crippen LogP contribution >= 0.6 is 0 Å². The van der Waals surface area contributed by atoms with Crippen molar-refractivity contribution in [2.75, 3.05) is 25.7 Å². The summed E-state index contributed by atoms with van der Waals surface area (Å²) in [5.41, 5.74) is 7.18. The standard InChI is InChI=1S/C25H25N3O7/c1-34-24(32)20-19(14-6-4-3-5-7-14)17(12-26)23(27)28(21(20)25(33)35-2)16-10-8-15(9-11-16)22(31)18(30)13-29/h3-11,18-19,22,29-31H,13,27H2,1-2H3. The molecule has 1 heterocycles. The topological polar surface area (TPSA) is 166 Å². The first-order valence-electron chi connectivity index (χ1n) is 10.5. The molecule has 5 N–H and O–H groups in total. The molecule has 3 unspecified atom stereocenters. The van der Waals surface area contributed by atoms with E-state index in [0.29, 0.717) is 5.56 Å². The smallest absolute Gasteiger partial charge is 0.355 e. The number of nitrogens with two attached hydrogens (primary N) is 1. The molecule has 3 rings (SSSR count). The van der Waals surface area contributed by atoms with Crippen molar-refractivity contribution in [3.63, 3.8) is 0 Å². The van der Waals surface area contributed by atoms with Crippen molar-refractivity contribution >= 4 is 17.6 Å².